The molecule has 2 aromatic carbocycles. The number of benzene rings is 2. The van der Waals surface area contributed by atoms with E-state index in [1.807, 2.05) is 6.07 Å². The number of aliphatic hydroxyl groups excluding tert-OH is 1. The van der Waals surface area contributed by atoms with Crippen molar-refractivity contribution in [3.05, 3.63) is 63.7 Å². The minimum absolute atomic E-state index is 0.202. The fourth-order valence-corrected chi connectivity index (χ4v) is 4.00. The van der Waals surface area contributed by atoms with Crippen molar-refractivity contribution in [2.75, 3.05) is 12.4 Å². The lowest BCUT2D eigenvalue weighted by atomic mass is 9.81. The first-order valence-corrected chi connectivity index (χ1v) is 10.7. The predicted octanol–water partition coefficient (Wildman–Crippen LogP) is 4.40. The van der Waals surface area contributed by atoms with Crippen molar-refractivity contribution in [3.63, 3.8) is 0 Å². The number of nitriles is 1. The van der Waals surface area contributed by atoms with Crippen LogP contribution in [0.4, 0.5) is 5.69 Å². The summed E-state index contributed by atoms with van der Waals surface area (Å²) in [5, 5.41) is 21.9. The van der Waals surface area contributed by atoms with Gasteiger partial charge in [-0.3, -0.25) is 4.79 Å². The zero-order chi connectivity index (χ0) is 23.1. The largest absolute Gasteiger partial charge is 0.465 e. The van der Waals surface area contributed by atoms with Crippen LogP contribution in [0.2, 0.25) is 5.02 Å². The maximum atomic E-state index is 12.3. The standard InChI is InChI=1S/C25H23ClN2O4/c1-32-25(31)18-8-7-17(21(13-18)16-5-3-2-4-6-16)10-12-23(29)24(30)28-20-11-9-19(15-27)22(26)14-20/h7-9,11,13-14,16,23,29H,2-6H2,1H3,(H,28,30). The average Bonchev–Trinajstić information content (AvgIpc) is 2.82. The van der Waals surface area contributed by atoms with Gasteiger partial charge in [0.15, 0.2) is 6.10 Å². The van der Waals surface area contributed by atoms with Crippen molar-refractivity contribution in [3.8, 4) is 17.9 Å². The number of esters is 1. The number of aliphatic hydroxyl groups is 1. The quantitative estimate of drug-likeness (QED) is 0.531. The van der Waals surface area contributed by atoms with Gasteiger partial charge < -0.3 is 15.2 Å². The molecular weight excluding hydrogens is 428 g/mol. The molecule has 3 rings (SSSR count). The summed E-state index contributed by atoms with van der Waals surface area (Å²) in [6, 6.07) is 11.5. The van der Waals surface area contributed by atoms with E-state index in [9.17, 15) is 14.7 Å². The minimum Gasteiger partial charge on any atom is -0.465 e. The van der Waals surface area contributed by atoms with Crippen LogP contribution in [0.5, 0.6) is 0 Å². The first-order valence-electron chi connectivity index (χ1n) is 10.3. The van der Waals surface area contributed by atoms with Crippen molar-refractivity contribution in [1.82, 2.24) is 0 Å². The zero-order valence-corrected chi connectivity index (χ0v) is 18.4. The molecule has 32 heavy (non-hydrogen) atoms. The van der Waals surface area contributed by atoms with E-state index in [2.05, 4.69) is 17.2 Å². The molecule has 1 atom stereocenters. The van der Waals surface area contributed by atoms with E-state index < -0.39 is 18.0 Å². The van der Waals surface area contributed by atoms with Crippen molar-refractivity contribution in [2.45, 2.75) is 44.1 Å². The maximum Gasteiger partial charge on any atom is 0.337 e. The predicted molar refractivity (Wildman–Crippen MR) is 121 cm³/mol. The Morgan fingerprint density at radius 1 is 1.16 bits per heavy atom. The van der Waals surface area contributed by atoms with Gasteiger partial charge in [0.1, 0.15) is 6.07 Å². The Morgan fingerprint density at radius 2 is 1.88 bits per heavy atom. The highest BCUT2D eigenvalue weighted by atomic mass is 35.5. The van der Waals surface area contributed by atoms with Gasteiger partial charge in [0.05, 0.1) is 23.3 Å². The van der Waals surface area contributed by atoms with E-state index in [1.165, 1.54) is 31.7 Å². The van der Waals surface area contributed by atoms with Crippen LogP contribution in [-0.2, 0) is 9.53 Å². The number of halogens is 1. The van der Waals surface area contributed by atoms with E-state index >= 15 is 0 Å². The summed E-state index contributed by atoms with van der Waals surface area (Å²) in [4.78, 5) is 24.3. The molecule has 0 bridgehead atoms. The fraction of sp³-hybridized carbons (Fsp3) is 0.320. The number of nitrogens with zero attached hydrogens (tertiary/aromatic N) is 1. The molecule has 6 nitrogen and oxygen atoms in total. The monoisotopic (exact) mass is 450 g/mol. The minimum atomic E-state index is -1.57. The van der Waals surface area contributed by atoms with E-state index in [0.717, 1.165) is 31.2 Å². The number of ether oxygens (including phenoxy) is 1. The van der Waals surface area contributed by atoms with Gasteiger partial charge in [0, 0.05) is 11.3 Å². The van der Waals surface area contributed by atoms with E-state index in [1.54, 1.807) is 18.2 Å². The van der Waals surface area contributed by atoms with Crippen LogP contribution in [-0.4, -0.2) is 30.2 Å². The molecule has 0 aromatic heterocycles. The second kappa shape index (κ2) is 10.8. The van der Waals surface area contributed by atoms with E-state index in [0.29, 0.717) is 16.8 Å². The molecule has 1 aliphatic carbocycles. The lowest BCUT2D eigenvalue weighted by Gasteiger charge is -2.23. The molecule has 1 unspecified atom stereocenters. The van der Waals surface area contributed by atoms with Gasteiger partial charge in [0.2, 0.25) is 0 Å². The Bertz CT molecular complexity index is 1120. The van der Waals surface area contributed by atoms with Gasteiger partial charge in [-0.25, -0.2) is 4.79 Å². The maximum absolute atomic E-state index is 12.3. The number of hydrogen-bond acceptors (Lipinski definition) is 5. The normalized spacial score (nSPS) is 14.4. The molecule has 2 N–H and O–H groups in total. The second-order valence-corrected chi connectivity index (χ2v) is 8.00. The molecular formula is C25H23ClN2O4. The summed E-state index contributed by atoms with van der Waals surface area (Å²) in [6.45, 7) is 0. The summed E-state index contributed by atoms with van der Waals surface area (Å²) < 4.78 is 4.83. The van der Waals surface area contributed by atoms with Gasteiger partial charge in [0.25, 0.3) is 5.91 Å². The van der Waals surface area contributed by atoms with Crippen LogP contribution in [0.1, 0.15) is 65.1 Å². The summed E-state index contributed by atoms with van der Waals surface area (Å²) in [5.41, 5.74) is 2.71. The first kappa shape index (κ1) is 23.3. The Balaban J connectivity index is 1.80. The highest BCUT2D eigenvalue weighted by molar-refractivity contribution is 6.32. The molecule has 1 saturated carbocycles. The lowest BCUT2D eigenvalue weighted by Crippen LogP contribution is -2.26. The number of amides is 1. The molecule has 0 saturated heterocycles. The summed E-state index contributed by atoms with van der Waals surface area (Å²) in [5.74, 6) is 4.65. The molecule has 1 aliphatic rings. The van der Waals surface area contributed by atoms with Gasteiger partial charge in [-0.15, -0.1) is 0 Å². The highest BCUT2D eigenvalue weighted by Crippen LogP contribution is 2.35. The molecule has 7 heteroatoms. The number of carbonyl (C=O) groups excluding carboxylic acids is 2. The smallest absolute Gasteiger partial charge is 0.337 e. The summed E-state index contributed by atoms with van der Waals surface area (Å²) in [7, 11) is 1.34. The van der Waals surface area contributed by atoms with Crippen LogP contribution in [0.25, 0.3) is 0 Å². The Kier molecular flexibility index (Phi) is 7.89. The molecule has 0 radical (unpaired) electrons. The lowest BCUT2D eigenvalue weighted by molar-refractivity contribution is -0.121. The Morgan fingerprint density at radius 3 is 2.53 bits per heavy atom. The first-order chi connectivity index (χ1) is 15.4. The second-order valence-electron chi connectivity index (χ2n) is 7.60. The zero-order valence-electron chi connectivity index (χ0n) is 17.7. The van der Waals surface area contributed by atoms with Gasteiger partial charge in [-0.2, -0.15) is 5.26 Å². The number of nitrogens with one attached hydrogen (secondary N) is 1. The number of rotatable bonds is 4. The van der Waals surface area contributed by atoms with E-state index in [4.69, 9.17) is 21.6 Å². The van der Waals surface area contributed by atoms with Crippen LogP contribution in [0.3, 0.4) is 0 Å². The van der Waals surface area contributed by atoms with Gasteiger partial charge in [-0.1, -0.05) is 42.7 Å². The molecule has 1 amide bonds. The van der Waals surface area contributed by atoms with Crippen molar-refractivity contribution < 1.29 is 19.4 Å². The van der Waals surface area contributed by atoms with Gasteiger partial charge in [-0.05, 0) is 60.7 Å². The van der Waals surface area contributed by atoms with Crippen LogP contribution in [0.15, 0.2) is 36.4 Å². The number of anilines is 1. The third-order valence-electron chi connectivity index (χ3n) is 5.47. The van der Waals surface area contributed by atoms with Crippen molar-refractivity contribution in [1.29, 1.82) is 5.26 Å². The molecule has 2 aromatic rings. The summed E-state index contributed by atoms with van der Waals surface area (Å²) >= 11 is 5.97. The van der Waals surface area contributed by atoms with Crippen LogP contribution in [0, 0.1) is 23.2 Å². The fourth-order valence-electron chi connectivity index (χ4n) is 3.78. The third-order valence-corrected chi connectivity index (χ3v) is 5.78. The molecule has 164 valence electrons. The Hall–Kier alpha value is -3.32. The van der Waals surface area contributed by atoms with Crippen molar-refractivity contribution >= 4 is 29.2 Å². The highest BCUT2D eigenvalue weighted by Gasteiger charge is 2.20. The molecule has 0 spiro atoms. The van der Waals surface area contributed by atoms with Crippen molar-refractivity contribution in [2.24, 2.45) is 0 Å². The Labute approximate surface area is 192 Å². The third kappa shape index (κ3) is 5.68. The molecule has 0 aliphatic heterocycles. The van der Waals surface area contributed by atoms with Gasteiger partial charge >= 0.3 is 5.97 Å². The van der Waals surface area contributed by atoms with E-state index in [-0.39, 0.29) is 16.5 Å². The topological polar surface area (TPSA) is 99.4 Å². The molecule has 0 heterocycles. The summed E-state index contributed by atoms with van der Waals surface area (Å²) in [6.07, 6.45) is 3.84. The van der Waals surface area contributed by atoms with Crippen LogP contribution < -0.4 is 5.32 Å². The average molecular weight is 451 g/mol. The number of methoxy groups -OCH3 is 1. The SMILES string of the molecule is COC(=O)c1ccc(C#CC(O)C(=O)Nc2ccc(C#N)c(Cl)c2)c(C2CCCCC2)c1. The number of hydrogen-bond donors (Lipinski definition) is 2. The van der Waals surface area contributed by atoms with Crippen LogP contribution >= 0.6 is 11.6 Å². The molecule has 1 fully saturated rings. The number of carbonyl (C=O) groups is 2.